The zero-order valence-electron chi connectivity index (χ0n) is 19.8. The largest absolute Gasteiger partial charge is 0.480 e. The lowest BCUT2D eigenvalue weighted by Gasteiger charge is -2.12. The average Bonchev–Trinajstić information content (AvgIpc) is 2.92. The van der Waals surface area contributed by atoms with E-state index in [-0.39, 0.29) is 4.90 Å². The van der Waals surface area contributed by atoms with Crippen molar-refractivity contribution in [2.75, 3.05) is 17.3 Å². The molecule has 0 spiro atoms. The molecule has 1 heterocycles. The number of rotatable bonds is 10. The molecule has 4 aromatic rings. The van der Waals surface area contributed by atoms with Crippen molar-refractivity contribution < 1.29 is 18.3 Å². The summed E-state index contributed by atoms with van der Waals surface area (Å²) in [4.78, 5) is 19.7. The number of hydrogen-bond acceptors (Lipinski definition) is 8. The fraction of sp³-hybridized carbons (Fsp3) is 0.0769. The summed E-state index contributed by atoms with van der Waals surface area (Å²) in [6.07, 6.45) is 1.71. The molecule has 0 saturated carbocycles. The molecule has 0 radical (unpaired) electrons. The van der Waals surface area contributed by atoms with Crippen LogP contribution < -0.4 is 15.5 Å². The monoisotopic (exact) mass is 516 g/mol. The number of sulfonamides is 1. The SMILES string of the molecule is CC(=NNc1nc(Nc2ccccc2)ncc1-c1ccccc1)c1ccc(S(=O)(=O)NCC(=O)O)cc1. The van der Waals surface area contributed by atoms with Crippen molar-refractivity contribution >= 4 is 39.2 Å². The highest BCUT2D eigenvalue weighted by molar-refractivity contribution is 7.89. The van der Waals surface area contributed by atoms with E-state index in [1.54, 1.807) is 25.3 Å². The zero-order valence-corrected chi connectivity index (χ0v) is 20.6. The molecule has 188 valence electrons. The van der Waals surface area contributed by atoms with Gasteiger partial charge in [-0.05, 0) is 42.3 Å². The summed E-state index contributed by atoms with van der Waals surface area (Å²) >= 11 is 0. The molecule has 37 heavy (non-hydrogen) atoms. The van der Waals surface area contributed by atoms with Crippen LogP contribution in [0, 0.1) is 0 Å². The lowest BCUT2D eigenvalue weighted by molar-refractivity contribution is -0.135. The number of benzene rings is 3. The first-order chi connectivity index (χ1) is 17.8. The van der Waals surface area contributed by atoms with Gasteiger partial charge in [0.05, 0.1) is 10.6 Å². The fourth-order valence-corrected chi connectivity index (χ4v) is 4.30. The summed E-state index contributed by atoms with van der Waals surface area (Å²) in [6, 6.07) is 25.2. The number of hydrogen-bond donors (Lipinski definition) is 4. The van der Waals surface area contributed by atoms with E-state index in [1.807, 2.05) is 65.4 Å². The van der Waals surface area contributed by atoms with Crippen molar-refractivity contribution in [1.82, 2.24) is 14.7 Å². The van der Waals surface area contributed by atoms with Crippen molar-refractivity contribution in [3.63, 3.8) is 0 Å². The van der Waals surface area contributed by atoms with E-state index in [9.17, 15) is 13.2 Å². The second-order valence-electron chi connectivity index (χ2n) is 7.86. The maximum atomic E-state index is 12.2. The molecule has 11 heteroatoms. The molecule has 0 unspecified atom stereocenters. The Morgan fingerprint density at radius 2 is 1.59 bits per heavy atom. The summed E-state index contributed by atoms with van der Waals surface area (Å²) in [5.74, 6) is -0.392. The molecule has 3 aromatic carbocycles. The van der Waals surface area contributed by atoms with Crippen LogP contribution in [-0.2, 0) is 14.8 Å². The molecule has 10 nitrogen and oxygen atoms in total. The number of carboxylic acids is 1. The summed E-state index contributed by atoms with van der Waals surface area (Å²) < 4.78 is 26.5. The predicted molar refractivity (Wildman–Crippen MR) is 142 cm³/mol. The highest BCUT2D eigenvalue weighted by atomic mass is 32.2. The van der Waals surface area contributed by atoms with Gasteiger partial charge in [-0.1, -0.05) is 60.7 Å². The van der Waals surface area contributed by atoms with Gasteiger partial charge in [0.25, 0.3) is 0 Å². The number of hydrazone groups is 1. The molecule has 0 amide bonds. The Hall–Kier alpha value is -4.61. The van der Waals surface area contributed by atoms with Crippen LogP contribution in [0.15, 0.2) is 101 Å². The van der Waals surface area contributed by atoms with Crippen molar-refractivity contribution in [2.45, 2.75) is 11.8 Å². The van der Waals surface area contributed by atoms with Gasteiger partial charge in [0.15, 0.2) is 5.82 Å². The lowest BCUT2D eigenvalue weighted by atomic mass is 10.1. The number of para-hydroxylation sites is 1. The Morgan fingerprint density at radius 1 is 0.946 bits per heavy atom. The Balaban J connectivity index is 1.58. The molecular formula is C26H24N6O4S. The third-order valence-electron chi connectivity index (χ3n) is 5.23. The van der Waals surface area contributed by atoms with Gasteiger partial charge < -0.3 is 10.4 Å². The Kier molecular flexibility index (Phi) is 7.86. The molecule has 0 fully saturated rings. The molecule has 0 saturated heterocycles. The number of carbonyl (C=O) groups is 1. The van der Waals surface area contributed by atoms with Gasteiger partial charge >= 0.3 is 5.97 Å². The van der Waals surface area contributed by atoms with Gasteiger partial charge in [-0.15, -0.1) is 0 Å². The quantitative estimate of drug-likeness (QED) is 0.182. The molecule has 4 N–H and O–H groups in total. The van der Waals surface area contributed by atoms with E-state index >= 15 is 0 Å². The van der Waals surface area contributed by atoms with Crippen molar-refractivity contribution in [1.29, 1.82) is 0 Å². The van der Waals surface area contributed by atoms with Crippen LogP contribution in [0.2, 0.25) is 0 Å². The first-order valence-electron chi connectivity index (χ1n) is 11.2. The second kappa shape index (κ2) is 11.4. The summed E-state index contributed by atoms with van der Waals surface area (Å²) in [5, 5.41) is 16.3. The zero-order chi connectivity index (χ0) is 26.3. The van der Waals surface area contributed by atoms with Gasteiger partial charge in [0.2, 0.25) is 16.0 Å². The first-order valence-corrected chi connectivity index (χ1v) is 12.7. The Morgan fingerprint density at radius 3 is 2.24 bits per heavy atom. The van der Waals surface area contributed by atoms with Gasteiger partial charge in [-0.2, -0.15) is 14.8 Å². The third-order valence-corrected chi connectivity index (χ3v) is 6.65. The van der Waals surface area contributed by atoms with Crippen LogP contribution in [-0.4, -0.2) is 41.7 Å². The van der Waals surface area contributed by atoms with Crippen molar-refractivity contribution in [2.24, 2.45) is 5.10 Å². The molecule has 0 aliphatic heterocycles. The minimum atomic E-state index is -3.93. The Labute approximate surface area is 214 Å². The van der Waals surface area contributed by atoms with E-state index in [0.29, 0.717) is 23.0 Å². The molecule has 0 bridgehead atoms. The van der Waals surface area contributed by atoms with Crippen molar-refractivity contribution in [3.8, 4) is 11.1 Å². The topological polar surface area (TPSA) is 146 Å². The van der Waals surface area contributed by atoms with Crippen LogP contribution in [0.5, 0.6) is 0 Å². The first kappa shape index (κ1) is 25.5. The maximum absolute atomic E-state index is 12.2. The van der Waals surface area contributed by atoms with Gasteiger partial charge in [0.1, 0.15) is 6.54 Å². The van der Waals surface area contributed by atoms with Crippen molar-refractivity contribution in [3.05, 3.63) is 96.7 Å². The van der Waals surface area contributed by atoms with E-state index in [2.05, 4.69) is 25.8 Å². The van der Waals surface area contributed by atoms with Crippen LogP contribution in [0.25, 0.3) is 11.1 Å². The molecule has 0 atom stereocenters. The number of aromatic nitrogens is 2. The maximum Gasteiger partial charge on any atom is 0.318 e. The van der Waals surface area contributed by atoms with E-state index < -0.39 is 22.5 Å². The second-order valence-corrected chi connectivity index (χ2v) is 9.63. The molecule has 0 aliphatic rings. The normalized spacial score (nSPS) is 11.6. The number of carboxylic acid groups (broad SMARTS) is 1. The summed E-state index contributed by atoms with van der Waals surface area (Å²) in [5.41, 5.74) is 6.77. The molecular weight excluding hydrogens is 492 g/mol. The van der Waals surface area contributed by atoms with Crippen LogP contribution in [0.1, 0.15) is 12.5 Å². The lowest BCUT2D eigenvalue weighted by Crippen LogP contribution is -2.29. The van der Waals surface area contributed by atoms with Crippen LogP contribution in [0.3, 0.4) is 0 Å². The van der Waals surface area contributed by atoms with E-state index in [4.69, 9.17) is 5.11 Å². The van der Waals surface area contributed by atoms with Crippen LogP contribution >= 0.6 is 0 Å². The van der Waals surface area contributed by atoms with Gasteiger partial charge in [-0.3, -0.25) is 10.2 Å². The van der Waals surface area contributed by atoms with Gasteiger partial charge in [0, 0.05) is 17.4 Å². The smallest absolute Gasteiger partial charge is 0.318 e. The van der Waals surface area contributed by atoms with Crippen LogP contribution in [0.4, 0.5) is 17.5 Å². The minimum absolute atomic E-state index is 0.0444. The number of nitrogens with zero attached hydrogens (tertiary/aromatic N) is 3. The molecule has 1 aromatic heterocycles. The predicted octanol–water partition coefficient (Wildman–Crippen LogP) is 4.09. The summed E-state index contributed by atoms with van der Waals surface area (Å²) in [7, 11) is -3.93. The number of anilines is 3. The third kappa shape index (κ3) is 6.75. The van der Waals surface area contributed by atoms with Gasteiger partial charge in [-0.25, -0.2) is 13.4 Å². The highest BCUT2D eigenvalue weighted by Crippen LogP contribution is 2.27. The minimum Gasteiger partial charge on any atom is -0.480 e. The average molecular weight is 517 g/mol. The fourth-order valence-electron chi connectivity index (χ4n) is 3.32. The molecule has 0 aliphatic carbocycles. The summed E-state index contributed by atoms with van der Waals surface area (Å²) in [6.45, 7) is 1.07. The standard InChI is InChI=1S/C26H24N6O4S/c1-18(19-12-14-22(15-13-19)37(35,36)28-17-24(33)34)31-32-25-23(20-8-4-2-5-9-20)16-27-26(30-25)29-21-10-6-3-7-11-21/h2-16,28H,17H2,1H3,(H,33,34)(H2,27,29,30,32). The number of aliphatic carboxylic acids is 1. The van der Waals surface area contributed by atoms with E-state index in [0.717, 1.165) is 16.8 Å². The highest BCUT2D eigenvalue weighted by Gasteiger charge is 2.15. The Bertz CT molecular complexity index is 1510. The molecule has 4 rings (SSSR count). The van der Waals surface area contributed by atoms with E-state index in [1.165, 1.54) is 12.1 Å². The number of nitrogens with one attached hydrogen (secondary N) is 3.